The molecule has 2 aromatic carbocycles. The van der Waals surface area contributed by atoms with Crippen molar-refractivity contribution < 1.29 is 22.7 Å². The summed E-state index contributed by atoms with van der Waals surface area (Å²) in [5.41, 5.74) is 0.767. The van der Waals surface area contributed by atoms with E-state index in [0.29, 0.717) is 17.9 Å². The zero-order chi connectivity index (χ0) is 18.3. The number of ether oxygens (including phenoxy) is 1. The van der Waals surface area contributed by atoms with E-state index >= 15 is 0 Å². The Morgan fingerprint density at radius 2 is 1.64 bits per heavy atom. The molecule has 0 aliphatic heterocycles. The molecule has 0 fully saturated rings. The summed E-state index contributed by atoms with van der Waals surface area (Å²) in [6, 6.07) is 13.9. The van der Waals surface area contributed by atoms with Gasteiger partial charge in [0.2, 0.25) is 5.91 Å². The molecule has 1 amide bonds. The van der Waals surface area contributed by atoms with Crippen molar-refractivity contribution in [1.82, 2.24) is 0 Å². The minimum absolute atomic E-state index is 0.0965. The molecular formula is C18H19NO5S. The van der Waals surface area contributed by atoms with Crippen molar-refractivity contribution in [2.24, 2.45) is 0 Å². The van der Waals surface area contributed by atoms with Crippen LogP contribution in [0.1, 0.15) is 23.7 Å². The Hall–Kier alpha value is -2.67. The molecule has 25 heavy (non-hydrogen) atoms. The number of hydrogen-bond acceptors (Lipinski definition) is 5. The Morgan fingerprint density at radius 3 is 2.24 bits per heavy atom. The van der Waals surface area contributed by atoms with Crippen LogP contribution in [0, 0.1) is 0 Å². The molecule has 0 heterocycles. The molecule has 0 radical (unpaired) electrons. The second kappa shape index (κ2) is 8.43. The fourth-order valence-electron chi connectivity index (χ4n) is 2.05. The lowest BCUT2D eigenvalue weighted by molar-refractivity contribution is -0.113. The zero-order valence-corrected chi connectivity index (χ0v) is 14.6. The second-order valence-electron chi connectivity index (χ2n) is 5.33. The third kappa shape index (κ3) is 5.42. The van der Waals surface area contributed by atoms with Crippen molar-refractivity contribution in [2.75, 3.05) is 17.7 Å². The second-order valence-corrected chi connectivity index (χ2v) is 7.32. The molecule has 0 aliphatic rings. The van der Waals surface area contributed by atoms with E-state index in [1.165, 1.54) is 36.4 Å². The lowest BCUT2D eigenvalue weighted by Gasteiger charge is -2.08. The van der Waals surface area contributed by atoms with Gasteiger partial charge in [-0.1, -0.05) is 25.1 Å². The molecule has 0 aromatic heterocycles. The van der Waals surface area contributed by atoms with Crippen molar-refractivity contribution in [1.29, 1.82) is 0 Å². The number of carbonyl (C=O) groups is 2. The lowest BCUT2D eigenvalue weighted by atomic mass is 10.2. The number of esters is 1. The number of benzene rings is 2. The highest BCUT2D eigenvalue weighted by Crippen LogP contribution is 2.13. The summed E-state index contributed by atoms with van der Waals surface area (Å²) in [7, 11) is -3.70. The van der Waals surface area contributed by atoms with Crippen LogP contribution in [0.15, 0.2) is 59.5 Å². The minimum Gasteiger partial charge on any atom is -0.462 e. The van der Waals surface area contributed by atoms with Gasteiger partial charge in [0.1, 0.15) is 5.75 Å². The van der Waals surface area contributed by atoms with Crippen molar-refractivity contribution >= 4 is 27.4 Å². The Balaban J connectivity index is 1.98. The van der Waals surface area contributed by atoms with Gasteiger partial charge in [0.05, 0.1) is 17.1 Å². The highest BCUT2D eigenvalue weighted by atomic mass is 32.2. The number of sulfone groups is 1. The van der Waals surface area contributed by atoms with Gasteiger partial charge in [-0.3, -0.25) is 4.79 Å². The fourth-order valence-corrected chi connectivity index (χ4v) is 3.20. The van der Waals surface area contributed by atoms with Crippen molar-refractivity contribution in [2.45, 2.75) is 18.2 Å². The largest absolute Gasteiger partial charge is 0.462 e. The predicted molar refractivity (Wildman–Crippen MR) is 94.1 cm³/mol. The molecule has 0 atom stereocenters. The van der Waals surface area contributed by atoms with Crippen molar-refractivity contribution in [3.63, 3.8) is 0 Å². The Bertz CT molecular complexity index is 830. The summed E-state index contributed by atoms with van der Waals surface area (Å²) in [4.78, 5) is 23.8. The third-order valence-corrected chi connectivity index (χ3v) is 4.90. The third-order valence-electron chi connectivity index (χ3n) is 3.27. The molecule has 0 unspecified atom stereocenters. The molecular weight excluding hydrogens is 342 g/mol. The Labute approximate surface area is 146 Å². The van der Waals surface area contributed by atoms with Crippen LogP contribution in [0.5, 0.6) is 0 Å². The molecule has 6 nitrogen and oxygen atoms in total. The summed E-state index contributed by atoms with van der Waals surface area (Å²) >= 11 is 0. The number of carbonyl (C=O) groups excluding carboxylic acids is 2. The van der Waals surface area contributed by atoms with Gasteiger partial charge in [-0.15, -0.1) is 0 Å². The van der Waals surface area contributed by atoms with Gasteiger partial charge in [0.15, 0.2) is 9.84 Å². The van der Waals surface area contributed by atoms with Gasteiger partial charge in [0.25, 0.3) is 0 Å². The first-order valence-corrected chi connectivity index (χ1v) is 9.42. The van der Waals surface area contributed by atoms with Crippen LogP contribution in [-0.4, -0.2) is 32.7 Å². The molecule has 7 heteroatoms. The quantitative estimate of drug-likeness (QED) is 0.766. The topological polar surface area (TPSA) is 89.5 Å². The van der Waals surface area contributed by atoms with E-state index in [4.69, 9.17) is 4.74 Å². The standard InChI is InChI=1S/C18H19NO5S/c1-2-12-24-18(21)14-8-10-15(11-9-14)19-17(20)13-25(22,23)16-6-4-3-5-7-16/h3-11H,2,12-13H2,1H3,(H,19,20). The molecule has 0 bridgehead atoms. The van der Waals surface area contributed by atoms with Crippen LogP contribution in [0.3, 0.4) is 0 Å². The zero-order valence-electron chi connectivity index (χ0n) is 13.8. The van der Waals surface area contributed by atoms with Crippen LogP contribution in [0.2, 0.25) is 0 Å². The molecule has 2 aromatic rings. The average Bonchev–Trinajstić information content (AvgIpc) is 2.60. The van der Waals surface area contributed by atoms with Gasteiger partial charge in [0, 0.05) is 5.69 Å². The van der Waals surface area contributed by atoms with Crippen LogP contribution in [0.25, 0.3) is 0 Å². The smallest absolute Gasteiger partial charge is 0.338 e. The summed E-state index contributed by atoms with van der Waals surface area (Å²) in [6.45, 7) is 2.24. The maximum atomic E-state index is 12.2. The van der Waals surface area contributed by atoms with E-state index < -0.39 is 27.5 Å². The first kappa shape index (κ1) is 18.7. The molecule has 0 saturated heterocycles. The van der Waals surface area contributed by atoms with E-state index in [-0.39, 0.29) is 4.90 Å². The fraction of sp³-hybridized carbons (Fsp3) is 0.222. The number of rotatable bonds is 7. The summed E-state index contributed by atoms with van der Waals surface area (Å²) in [6.07, 6.45) is 0.732. The van der Waals surface area contributed by atoms with Crippen LogP contribution >= 0.6 is 0 Å². The summed E-state index contributed by atoms with van der Waals surface area (Å²) in [5, 5.41) is 2.51. The maximum Gasteiger partial charge on any atom is 0.338 e. The van der Waals surface area contributed by atoms with Gasteiger partial charge in [-0.25, -0.2) is 13.2 Å². The van der Waals surface area contributed by atoms with E-state index in [2.05, 4.69) is 5.32 Å². The first-order valence-electron chi connectivity index (χ1n) is 7.77. The Morgan fingerprint density at radius 1 is 1.00 bits per heavy atom. The van der Waals surface area contributed by atoms with Crippen LogP contribution in [0.4, 0.5) is 5.69 Å². The van der Waals surface area contributed by atoms with Crippen LogP contribution < -0.4 is 5.32 Å². The predicted octanol–water partition coefficient (Wildman–Crippen LogP) is 2.67. The molecule has 1 N–H and O–H groups in total. The number of nitrogens with one attached hydrogen (secondary N) is 1. The number of anilines is 1. The van der Waals surface area contributed by atoms with Gasteiger partial charge < -0.3 is 10.1 Å². The summed E-state index contributed by atoms with van der Waals surface area (Å²) in [5.74, 6) is -1.74. The first-order chi connectivity index (χ1) is 11.9. The molecule has 2 rings (SSSR count). The molecule has 0 aliphatic carbocycles. The van der Waals surface area contributed by atoms with E-state index in [0.717, 1.165) is 6.42 Å². The maximum absolute atomic E-state index is 12.2. The SMILES string of the molecule is CCCOC(=O)c1ccc(NC(=O)CS(=O)(=O)c2ccccc2)cc1. The van der Waals surface area contributed by atoms with Crippen molar-refractivity contribution in [3.05, 3.63) is 60.2 Å². The molecule has 0 spiro atoms. The minimum atomic E-state index is -3.70. The van der Waals surface area contributed by atoms with E-state index in [1.807, 2.05) is 6.92 Å². The van der Waals surface area contributed by atoms with Gasteiger partial charge in [-0.05, 0) is 42.8 Å². The summed E-state index contributed by atoms with van der Waals surface area (Å²) < 4.78 is 29.3. The monoisotopic (exact) mass is 361 g/mol. The lowest BCUT2D eigenvalue weighted by Crippen LogP contribution is -2.23. The number of amides is 1. The normalized spacial score (nSPS) is 10.9. The van der Waals surface area contributed by atoms with Crippen LogP contribution in [-0.2, 0) is 19.4 Å². The highest BCUT2D eigenvalue weighted by Gasteiger charge is 2.19. The number of hydrogen-bond donors (Lipinski definition) is 1. The van der Waals surface area contributed by atoms with Gasteiger partial charge in [-0.2, -0.15) is 0 Å². The van der Waals surface area contributed by atoms with E-state index in [9.17, 15) is 18.0 Å². The van der Waals surface area contributed by atoms with Gasteiger partial charge >= 0.3 is 5.97 Å². The molecule has 132 valence electrons. The molecule has 0 saturated carbocycles. The van der Waals surface area contributed by atoms with Crippen molar-refractivity contribution in [3.8, 4) is 0 Å². The van der Waals surface area contributed by atoms with E-state index in [1.54, 1.807) is 18.2 Å². The average molecular weight is 361 g/mol. The highest BCUT2D eigenvalue weighted by molar-refractivity contribution is 7.92. The Kier molecular flexibility index (Phi) is 6.30.